The molecule has 0 radical (unpaired) electrons. The molecule has 1 aliphatic rings. The number of halogens is 1. The van der Waals surface area contributed by atoms with Gasteiger partial charge in [-0.25, -0.2) is 0 Å². The quantitative estimate of drug-likeness (QED) is 0.866. The number of thioether (sulfide) groups is 1. The maximum atomic E-state index is 5.83. The third kappa shape index (κ3) is 2.92. The van der Waals surface area contributed by atoms with Gasteiger partial charge in [-0.3, -0.25) is 4.99 Å². The van der Waals surface area contributed by atoms with Crippen LogP contribution in [0.2, 0.25) is 5.02 Å². The zero-order valence-corrected chi connectivity index (χ0v) is 11.0. The summed E-state index contributed by atoms with van der Waals surface area (Å²) in [4.78, 5) is 4.64. The largest absolute Gasteiger partial charge is 0.335 e. The Bertz CT molecular complexity index is 387. The lowest BCUT2D eigenvalue weighted by molar-refractivity contribution is 0.543. The van der Waals surface area contributed by atoms with Crippen molar-refractivity contribution in [2.24, 2.45) is 10.9 Å². The van der Waals surface area contributed by atoms with Crippen LogP contribution in [-0.2, 0) is 0 Å². The summed E-state index contributed by atoms with van der Waals surface area (Å²) in [5.74, 6) is 1.69. The molecule has 0 aromatic heterocycles. The number of hydrogen-bond acceptors (Lipinski definition) is 3. The summed E-state index contributed by atoms with van der Waals surface area (Å²) in [7, 11) is 0. The monoisotopic (exact) mass is 254 g/mol. The van der Waals surface area contributed by atoms with Crippen molar-refractivity contribution in [1.29, 1.82) is 0 Å². The first-order chi connectivity index (χ1) is 7.65. The molecule has 1 atom stereocenters. The molecular formula is C12H15ClN2S. The van der Waals surface area contributed by atoms with Crippen LogP contribution in [-0.4, -0.2) is 17.0 Å². The Balaban J connectivity index is 2.01. The molecule has 0 unspecified atom stereocenters. The van der Waals surface area contributed by atoms with Gasteiger partial charge in [-0.1, -0.05) is 37.2 Å². The van der Waals surface area contributed by atoms with Gasteiger partial charge in [0.2, 0.25) is 0 Å². The van der Waals surface area contributed by atoms with Crippen LogP contribution in [0.1, 0.15) is 13.8 Å². The smallest absolute Gasteiger partial charge is 0.161 e. The highest BCUT2D eigenvalue weighted by molar-refractivity contribution is 8.14. The first-order valence-corrected chi connectivity index (χ1v) is 6.74. The van der Waals surface area contributed by atoms with E-state index in [-0.39, 0.29) is 0 Å². The van der Waals surface area contributed by atoms with Crippen molar-refractivity contribution >= 4 is 34.2 Å². The normalized spacial score (nSPS) is 20.0. The first kappa shape index (κ1) is 11.8. The Morgan fingerprint density at radius 3 is 2.62 bits per heavy atom. The van der Waals surface area contributed by atoms with E-state index in [1.54, 1.807) is 11.8 Å². The number of nitrogens with one attached hydrogen (secondary N) is 1. The van der Waals surface area contributed by atoms with E-state index in [9.17, 15) is 0 Å². The van der Waals surface area contributed by atoms with Gasteiger partial charge in [-0.2, -0.15) is 0 Å². The predicted molar refractivity (Wildman–Crippen MR) is 73.6 cm³/mol. The Kier molecular flexibility index (Phi) is 3.77. The molecular weight excluding hydrogens is 240 g/mol. The summed E-state index contributed by atoms with van der Waals surface area (Å²) in [5.41, 5.74) is 1.04. The van der Waals surface area contributed by atoms with Crippen LogP contribution < -0.4 is 5.32 Å². The van der Waals surface area contributed by atoms with E-state index in [0.29, 0.717) is 12.0 Å². The molecule has 0 aliphatic carbocycles. The summed E-state index contributed by atoms with van der Waals surface area (Å²) in [6.45, 7) is 4.42. The minimum absolute atomic E-state index is 0.444. The van der Waals surface area contributed by atoms with Gasteiger partial charge < -0.3 is 5.32 Å². The van der Waals surface area contributed by atoms with Crippen molar-refractivity contribution in [2.45, 2.75) is 19.9 Å². The molecule has 1 aliphatic heterocycles. The fourth-order valence-corrected chi connectivity index (χ4v) is 2.77. The summed E-state index contributed by atoms with van der Waals surface area (Å²) in [6.07, 6.45) is 0. The maximum absolute atomic E-state index is 5.83. The van der Waals surface area contributed by atoms with Gasteiger partial charge in [0.25, 0.3) is 0 Å². The standard InChI is InChI=1S/C12H15ClN2S/c1-8(2)11-7-16-12(15-11)14-10-5-3-9(13)4-6-10/h3-6,8,11H,7H2,1-2H3,(H,14,15)/t11-/m1/s1. The van der Waals surface area contributed by atoms with Gasteiger partial charge in [-0.05, 0) is 30.2 Å². The van der Waals surface area contributed by atoms with Gasteiger partial charge in [0.05, 0.1) is 6.04 Å². The van der Waals surface area contributed by atoms with Crippen LogP contribution in [0.15, 0.2) is 29.3 Å². The average molecular weight is 255 g/mol. The number of aliphatic imine (C=N–C) groups is 1. The lowest BCUT2D eigenvalue weighted by Gasteiger charge is -2.08. The second kappa shape index (κ2) is 5.11. The molecule has 0 saturated heterocycles. The van der Waals surface area contributed by atoms with Crippen molar-refractivity contribution in [2.75, 3.05) is 11.1 Å². The van der Waals surface area contributed by atoms with Gasteiger partial charge in [0, 0.05) is 16.5 Å². The molecule has 1 heterocycles. The number of nitrogens with zero attached hydrogens (tertiary/aromatic N) is 1. The first-order valence-electron chi connectivity index (χ1n) is 5.38. The average Bonchev–Trinajstić information content (AvgIpc) is 2.70. The molecule has 2 nitrogen and oxygen atoms in total. The van der Waals surface area contributed by atoms with Crippen LogP contribution in [0, 0.1) is 5.92 Å². The van der Waals surface area contributed by atoms with E-state index in [1.807, 2.05) is 24.3 Å². The Morgan fingerprint density at radius 1 is 1.38 bits per heavy atom. The summed E-state index contributed by atoms with van der Waals surface area (Å²) in [5, 5.41) is 5.08. The summed E-state index contributed by atoms with van der Waals surface area (Å²) >= 11 is 7.61. The summed E-state index contributed by atoms with van der Waals surface area (Å²) in [6, 6.07) is 8.13. The Hall–Kier alpha value is -0.670. The van der Waals surface area contributed by atoms with Crippen LogP contribution in [0.25, 0.3) is 0 Å². The van der Waals surface area contributed by atoms with E-state index in [2.05, 4.69) is 24.2 Å². The van der Waals surface area contributed by atoms with Crippen molar-refractivity contribution in [3.05, 3.63) is 29.3 Å². The Labute approximate surface area is 105 Å². The second-order valence-electron chi connectivity index (χ2n) is 4.19. The van der Waals surface area contributed by atoms with Crippen LogP contribution in [0.3, 0.4) is 0 Å². The minimum Gasteiger partial charge on any atom is -0.335 e. The lowest BCUT2D eigenvalue weighted by atomic mass is 10.1. The van der Waals surface area contributed by atoms with Gasteiger partial charge in [0.15, 0.2) is 5.17 Å². The molecule has 16 heavy (non-hydrogen) atoms. The number of benzene rings is 1. The highest BCUT2D eigenvalue weighted by Crippen LogP contribution is 2.24. The van der Waals surface area contributed by atoms with Gasteiger partial charge in [-0.15, -0.1) is 0 Å². The molecule has 0 amide bonds. The summed E-state index contributed by atoms with van der Waals surface area (Å²) < 4.78 is 0. The van der Waals surface area contributed by atoms with E-state index in [4.69, 9.17) is 11.6 Å². The predicted octanol–water partition coefficient (Wildman–Crippen LogP) is 3.88. The van der Waals surface area contributed by atoms with Crippen LogP contribution >= 0.6 is 23.4 Å². The number of anilines is 1. The number of amidine groups is 1. The van der Waals surface area contributed by atoms with Crippen LogP contribution in [0.4, 0.5) is 5.69 Å². The third-order valence-electron chi connectivity index (χ3n) is 2.54. The molecule has 1 N–H and O–H groups in total. The molecule has 86 valence electrons. The van der Waals surface area contributed by atoms with Gasteiger partial charge in [0.1, 0.15) is 0 Å². The zero-order chi connectivity index (χ0) is 11.5. The highest BCUT2D eigenvalue weighted by Gasteiger charge is 2.20. The van der Waals surface area contributed by atoms with Crippen LogP contribution in [0.5, 0.6) is 0 Å². The molecule has 0 bridgehead atoms. The number of hydrogen-bond donors (Lipinski definition) is 1. The maximum Gasteiger partial charge on any atom is 0.161 e. The molecule has 0 fully saturated rings. The molecule has 1 aromatic carbocycles. The third-order valence-corrected chi connectivity index (χ3v) is 3.78. The van der Waals surface area contributed by atoms with Crippen molar-refractivity contribution in [1.82, 2.24) is 0 Å². The highest BCUT2D eigenvalue weighted by atomic mass is 35.5. The van der Waals surface area contributed by atoms with Crippen molar-refractivity contribution in [3.8, 4) is 0 Å². The fraction of sp³-hybridized carbons (Fsp3) is 0.417. The van der Waals surface area contributed by atoms with E-state index in [0.717, 1.165) is 21.6 Å². The molecule has 0 spiro atoms. The van der Waals surface area contributed by atoms with Crippen molar-refractivity contribution in [3.63, 3.8) is 0 Å². The van der Waals surface area contributed by atoms with E-state index >= 15 is 0 Å². The zero-order valence-electron chi connectivity index (χ0n) is 9.40. The van der Waals surface area contributed by atoms with Gasteiger partial charge >= 0.3 is 0 Å². The second-order valence-corrected chi connectivity index (χ2v) is 5.63. The minimum atomic E-state index is 0.444. The SMILES string of the molecule is CC(C)[C@H]1CSC(Nc2ccc(Cl)cc2)=N1. The molecule has 4 heteroatoms. The number of rotatable bonds is 2. The molecule has 1 aromatic rings. The van der Waals surface area contributed by atoms with Crippen molar-refractivity contribution < 1.29 is 0 Å². The molecule has 0 saturated carbocycles. The van der Waals surface area contributed by atoms with E-state index < -0.39 is 0 Å². The molecule has 2 rings (SSSR count). The Morgan fingerprint density at radius 2 is 2.06 bits per heavy atom. The fourth-order valence-electron chi connectivity index (χ4n) is 1.46. The topological polar surface area (TPSA) is 24.4 Å². The lowest BCUT2D eigenvalue weighted by Crippen LogP contribution is -2.12. The van der Waals surface area contributed by atoms with E-state index in [1.165, 1.54) is 0 Å².